The second-order valence-corrected chi connectivity index (χ2v) is 13.3. The SMILES string of the molecule is CCCCCCCC(=O)O.CCCCCCCCCCCC(=O)N(C)CC(=O)O.CCCCCCCCCCCCOS(=O)(=O)O. The fraction of sp³-hybridized carbons (Fsp3) is 0.914. The summed E-state index contributed by atoms with van der Waals surface area (Å²) in [4.78, 5) is 33.3. The minimum absolute atomic E-state index is 0.0645. The molecule has 0 aromatic carbocycles. The van der Waals surface area contributed by atoms with Crippen LogP contribution in [0.15, 0.2) is 0 Å². The summed E-state index contributed by atoms with van der Waals surface area (Å²) in [5.74, 6) is -1.69. The molecule has 0 saturated carbocycles. The molecule has 0 aliphatic rings. The highest BCUT2D eigenvalue weighted by atomic mass is 32.3. The van der Waals surface area contributed by atoms with E-state index in [2.05, 4.69) is 25.0 Å². The van der Waals surface area contributed by atoms with Crippen LogP contribution in [0.5, 0.6) is 0 Å². The summed E-state index contributed by atoms with van der Waals surface area (Å²) in [5.41, 5.74) is 0. The second kappa shape index (κ2) is 37.7. The van der Waals surface area contributed by atoms with E-state index in [9.17, 15) is 22.8 Å². The van der Waals surface area contributed by atoms with Gasteiger partial charge in [-0.1, -0.05) is 156 Å². The molecule has 0 aromatic heterocycles. The van der Waals surface area contributed by atoms with E-state index >= 15 is 0 Å². The molecule has 0 radical (unpaired) electrons. The summed E-state index contributed by atoms with van der Waals surface area (Å²) in [6, 6.07) is 0. The van der Waals surface area contributed by atoms with Crippen LogP contribution in [0.3, 0.4) is 0 Å². The zero-order valence-electron chi connectivity index (χ0n) is 29.9. The lowest BCUT2D eigenvalue weighted by Crippen LogP contribution is -2.31. The number of aliphatic carboxylic acids is 2. The Hall–Kier alpha value is -1.72. The molecular weight excluding hydrogens is 610 g/mol. The van der Waals surface area contributed by atoms with Crippen molar-refractivity contribution in [3.63, 3.8) is 0 Å². The maximum Gasteiger partial charge on any atom is 0.397 e. The highest BCUT2D eigenvalue weighted by Gasteiger charge is 2.11. The summed E-state index contributed by atoms with van der Waals surface area (Å²) in [7, 11) is -2.69. The molecule has 0 aromatic rings. The lowest BCUT2D eigenvalue weighted by molar-refractivity contribution is -0.143. The predicted octanol–water partition coefficient (Wildman–Crippen LogP) is 9.61. The van der Waals surface area contributed by atoms with Crippen LogP contribution in [-0.4, -0.2) is 66.1 Å². The van der Waals surface area contributed by atoms with Crippen LogP contribution >= 0.6 is 0 Å². The largest absolute Gasteiger partial charge is 0.481 e. The Morgan fingerprint density at radius 1 is 0.522 bits per heavy atom. The number of nitrogens with zero attached hydrogens (tertiary/aromatic N) is 1. The van der Waals surface area contributed by atoms with E-state index in [0.29, 0.717) is 19.3 Å². The summed E-state index contributed by atoms with van der Waals surface area (Å²) >= 11 is 0. The Bertz CT molecular complexity index is 791. The second-order valence-electron chi connectivity index (χ2n) is 12.2. The number of rotatable bonds is 30. The third-order valence-corrected chi connectivity index (χ3v) is 7.98. The molecule has 0 saturated heterocycles. The Morgan fingerprint density at radius 2 is 0.848 bits per heavy atom. The van der Waals surface area contributed by atoms with Crippen LogP contribution in [0.25, 0.3) is 0 Å². The molecule has 46 heavy (non-hydrogen) atoms. The first-order valence-corrected chi connectivity index (χ1v) is 19.6. The Morgan fingerprint density at radius 3 is 1.17 bits per heavy atom. The molecule has 10 nitrogen and oxygen atoms in total. The van der Waals surface area contributed by atoms with Gasteiger partial charge in [0.15, 0.2) is 0 Å². The molecule has 0 aliphatic heterocycles. The summed E-state index contributed by atoms with van der Waals surface area (Å²) in [6.45, 7) is 6.48. The molecular formula is C35H71NO9S. The van der Waals surface area contributed by atoms with E-state index < -0.39 is 22.3 Å². The number of carbonyl (C=O) groups excluding carboxylic acids is 1. The van der Waals surface area contributed by atoms with Crippen molar-refractivity contribution in [1.82, 2.24) is 4.90 Å². The Kier molecular flexibility index (Phi) is 39.9. The monoisotopic (exact) mass is 681 g/mol. The fourth-order valence-corrected chi connectivity index (χ4v) is 5.03. The van der Waals surface area contributed by atoms with Crippen molar-refractivity contribution in [2.45, 2.75) is 188 Å². The van der Waals surface area contributed by atoms with Gasteiger partial charge in [-0.2, -0.15) is 8.42 Å². The van der Waals surface area contributed by atoms with E-state index in [1.165, 1.54) is 114 Å². The van der Waals surface area contributed by atoms with Gasteiger partial charge in [0.2, 0.25) is 5.91 Å². The van der Waals surface area contributed by atoms with Crippen LogP contribution in [-0.2, 0) is 29.0 Å². The number of carboxylic acid groups (broad SMARTS) is 2. The van der Waals surface area contributed by atoms with Crippen LogP contribution in [0, 0.1) is 0 Å². The molecule has 0 heterocycles. The minimum atomic E-state index is -4.23. The van der Waals surface area contributed by atoms with Crippen molar-refractivity contribution in [3.8, 4) is 0 Å². The van der Waals surface area contributed by atoms with E-state index in [0.717, 1.165) is 38.5 Å². The summed E-state index contributed by atoms with van der Waals surface area (Å²) in [5, 5.41) is 16.8. The van der Waals surface area contributed by atoms with Crippen LogP contribution in [0.4, 0.5) is 0 Å². The zero-order valence-corrected chi connectivity index (χ0v) is 30.8. The Balaban J connectivity index is -0.000000631. The number of unbranched alkanes of at least 4 members (excludes halogenated alkanes) is 21. The van der Waals surface area contributed by atoms with Gasteiger partial charge in [0.25, 0.3) is 0 Å². The van der Waals surface area contributed by atoms with E-state index in [1.54, 1.807) is 7.05 Å². The van der Waals surface area contributed by atoms with Crippen LogP contribution in [0.2, 0.25) is 0 Å². The molecule has 0 atom stereocenters. The quantitative estimate of drug-likeness (QED) is 0.0495. The third kappa shape index (κ3) is 49.2. The average molecular weight is 682 g/mol. The van der Waals surface area contributed by atoms with Gasteiger partial charge in [-0.05, 0) is 19.3 Å². The summed E-state index contributed by atoms with van der Waals surface area (Å²) in [6.07, 6.45) is 29.2. The molecule has 3 N–H and O–H groups in total. The number of carbonyl (C=O) groups is 3. The topological polar surface area (TPSA) is 159 Å². The van der Waals surface area contributed by atoms with Gasteiger partial charge in [-0.25, -0.2) is 4.18 Å². The van der Waals surface area contributed by atoms with Gasteiger partial charge in [0, 0.05) is 19.9 Å². The molecule has 276 valence electrons. The highest BCUT2D eigenvalue weighted by Crippen LogP contribution is 2.12. The fourth-order valence-electron chi connectivity index (χ4n) is 4.70. The lowest BCUT2D eigenvalue weighted by atomic mass is 10.1. The van der Waals surface area contributed by atoms with Gasteiger partial charge >= 0.3 is 22.3 Å². The smallest absolute Gasteiger partial charge is 0.397 e. The molecule has 0 aliphatic carbocycles. The van der Waals surface area contributed by atoms with Gasteiger partial charge in [0.05, 0.1) is 6.61 Å². The van der Waals surface area contributed by atoms with Crippen molar-refractivity contribution < 1.29 is 41.8 Å². The maximum absolute atomic E-state index is 11.5. The first kappa shape index (κ1) is 48.7. The minimum Gasteiger partial charge on any atom is -0.481 e. The number of hydrogen-bond donors (Lipinski definition) is 3. The van der Waals surface area contributed by atoms with Gasteiger partial charge in [-0.3, -0.25) is 18.9 Å². The molecule has 0 fully saturated rings. The standard InChI is InChI=1S/C15H29NO3.C12H26O4S.C8H16O2/c1-3-4-5-6-7-8-9-10-11-12-14(17)16(2)13-15(18)19;1-2-3-4-5-6-7-8-9-10-11-12-16-17(13,14)15;1-2-3-4-5-6-7-8(9)10/h3-13H2,1-2H3,(H,18,19);2-12H2,1H3,(H,13,14,15);2-7H2,1H3,(H,9,10). The van der Waals surface area contributed by atoms with Crippen molar-refractivity contribution in [2.75, 3.05) is 20.2 Å². The van der Waals surface area contributed by atoms with Gasteiger partial charge in [-0.15, -0.1) is 0 Å². The first-order valence-electron chi connectivity index (χ1n) is 18.2. The molecule has 11 heteroatoms. The lowest BCUT2D eigenvalue weighted by Gasteiger charge is -2.14. The molecule has 0 spiro atoms. The number of amides is 1. The van der Waals surface area contributed by atoms with Gasteiger partial charge < -0.3 is 15.1 Å². The van der Waals surface area contributed by atoms with Gasteiger partial charge in [0.1, 0.15) is 6.54 Å². The number of likely N-dealkylation sites (N-methyl/N-ethyl adjacent to an activating group) is 1. The highest BCUT2D eigenvalue weighted by molar-refractivity contribution is 7.80. The third-order valence-electron chi connectivity index (χ3n) is 7.52. The number of carboxylic acids is 2. The summed E-state index contributed by atoms with van der Waals surface area (Å²) < 4.78 is 33.0. The first-order chi connectivity index (χ1) is 21.9. The van der Waals surface area contributed by atoms with E-state index in [1.807, 2.05) is 0 Å². The van der Waals surface area contributed by atoms with Crippen molar-refractivity contribution in [3.05, 3.63) is 0 Å². The zero-order chi connectivity index (χ0) is 35.3. The molecule has 0 bridgehead atoms. The van der Waals surface area contributed by atoms with Crippen LogP contribution < -0.4 is 0 Å². The normalized spacial score (nSPS) is 10.8. The molecule has 1 amide bonds. The van der Waals surface area contributed by atoms with Crippen LogP contribution in [0.1, 0.15) is 188 Å². The average Bonchev–Trinajstić information content (AvgIpc) is 2.98. The van der Waals surface area contributed by atoms with E-state index in [-0.39, 0.29) is 19.1 Å². The van der Waals surface area contributed by atoms with Crippen molar-refractivity contribution in [2.24, 2.45) is 0 Å². The maximum atomic E-state index is 11.5. The molecule has 0 rings (SSSR count). The predicted molar refractivity (Wildman–Crippen MR) is 187 cm³/mol. The van der Waals surface area contributed by atoms with Crippen molar-refractivity contribution in [1.29, 1.82) is 0 Å². The van der Waals surface area contributed by atoms with E-state index in [4.69, 9.17) is 14.8 Å². The number of hydrogen-bond acceptors (Lipinski definition) is 6. The Labute approximate surface area is 282 Å². The van der Waals surface area contributed by atoms with Crippen molar-refractivity contribution >= 4 is 28.2 Å². The molecule has 0 unspecified atom stereocenters.